The van der Waals surface area contributed by atoms with E-state index in [-0.39, 0.29) is 6.54 Å². The standard InChI is InChI=1S/C12H12F3NO3S/c1-2-6-16-11(17)8-20(18,19)10-5-3-4-9(7-10)12(13,14)15/h2-5,7H,1,6,8H2,(H,16,17). The number of hydrogen-bond acceptors (Lipinski definition) is 3. The molecule has 0 saturated heterocycles. The molecule has 8 heteroatoms. The summed E-state index contributed by atoms with van der Waals surface area (Å²) in [7, 11) is -4.12. The van der Waals surface area contributed by atoms with Gasteiger partial charge in [-0.15, -0.1) is 6.58 Å². The minimum absolute atomic E-state index is 0.0803. The average molecular weight is 307 g/mol. The Balaban J connectivity index is 2.99. The molecule has 0 fully saturated rings. The zero-order valence-electron chi connectivity index (χ0n) is 10.3. The van der Waals surface area contributed by atoms with Gasteiger partial charge < -0.3 is 5.32 Å². The number of alkyl halides is 3. The van der Waals surface area contributed by atoms with Crippen LogP contribution in [0.2, 0.25) is 0 Å². The molecule has 4 nitrogen and oxygen atoms in total. The van der Waals surface area contributed by atoms with Gasteiger partial charge in [0.25, 0.3) is 0 Å². The first kappa shape index (κ1) is 16.2. The van der Waals surface area contributed by atoms with E-state index >= 15 is 0 Å². The third-order valence-corrected chi connectivity index (χ3v) is 3.90. The van der Waals surface area contributed by atoms with Crippen molar-refractivity contribution in [2.45, 2.75) is 11.1 Å². The molecule has 20 heavy (non-hydrogen) atoms. The monoisotopic (exact) mass is 307 g/mol. The highest BCUT2D eigenvalue weighted by Crippen LogP contribution is 2.30. The molecule has 0 radical (unpaired) electrons. The molecule has 0 aromatic heterocycles. The Morgan fingerprint density at radius 3 is 2.55 bits per heavy atom. The SMILES string of the molecule is C=CCNC(=O)CS(=O)(=O)c1cccc(C(F)(F)F)c1. The number of sulfone groups is 1. The van der Waals surface area contributed by atoms with Crippen molar-refractivity contribution >= 4 is 15.7 Å². The minimum Gasteiger partial charge on any atom is -0.352 e. The van der Waals surface area contributed by atoms with Crippen LogP contribution >= 0.6 is 0 Å². The Bertz CT molecular complexity index is 609. The lowest BCUT2D eigenvalue weighted by molar-refractivity contribution is -0.137. The van der Waals surface area contributed by atoms with Crippen molar-refractivity contribution < 1.29 is 26.4 Å². The van der Waals surface area contributed by atoms with E-state index in [0.29, 0.717) is 6.07 Å². The van der Waals surface area contributed by atoms with Crippen molar-refractivity contribution in [3.8, 4) is 0 Å². The van der Waals surface area contributed by atoms with Gasteiger partial charge in [0, 0.05) is 6.54 Å². The van der Waals surface area contributed by atoms with Crippen LogP contribution in [-0.2, 0) is 20.8 Å². The van der Waals surface area contributed by atoms with E-state index in [2.05, 4.69) is 11.9 Å². The molecule has 1 amide bonds. The lowest BCUT2D eigenvalue weighted by Gasteiger charge is -2.09. The van der Waals surface area contributed by atoms with Crippen molar-refractivity contribution in [2.24, 2.45) is 0 Å². The summed E-state index contributed by atoms with van der Waals surface area (Å²) >= 11 is 0. The Morgan fingerprint density at radius 1 is 1.35 bits per heavy atom. The van der Waals surface area contributed by atoms with Crippen molar-refractivity contribution in [3.05, 3.63) is 42.5 Å². The smallest absolute Gasteiger partial charge is 0.352 e. The van der Waals surface area contributed by atoms with Crippen molar-refractivity contribution in [1.29, 1.82) is 0 Å². The van der Waals surface area contributed by atoms with E-state index < -0.39 is 38.1 Å². The fourth-order valence-corrected chi connectivity index (χ4v) is 2.57. The normalized spacial score (nSPS) is 11.9. The molecule has 1 aromatic carbocycles. The zero-order valence-corrected chi connectivity index (χ0v) is 11.1. The highest BCUT2D eigenvalue weighted by atomic mass is 32.2. The van der Waals surface area contributed by atoms with Crippen LogP contribution in [0.15, 0.2) is 41.8 Å². The first-order valence-corrected chi connectivity index (χ1v) is 7.09. The van der Waals surface area contributed by atoms with Gasteiger partial charge in [0.1, 0.15) is 5.75 Å². The van der Waals surface area contributed by atoms with Gasteiger partial charge in [-0.1, -0.05) is 12.1 Å². The number of benzene rings is 1. The molecule has 110 valence electrons. The van der Waals surface area contributed by atoms with Crippen molar-refractivity contribution in [3.63, 3.8) is 0 Å². The van der Waals surface area contributed by atoms with Gasteiger partial charge in [-0.05, 0) is 18.2 Å². The Hall–Kier alpha value is -1.83. The van der Waals surface area contributed by atoms with Crippen LogP contribution < -0.4 is 5.32 Å². The summed E-state index contributed by atoms with van der Waals surface area (Å²) in [4.78, 5) is 10.8. The van der Waals surface area contributed by atoms with E-state index in [1.807, 2.05) is 0 Å². The minimum atomic E-state index is -4.64. The van der Waals surface area contributed by atoms with Crippen LogP contribution in [0.1, 0.15) is 5.56 Å². The fourth-order valence-electron chi connectivity index (χ4n) is 1.36. The molecule has 1 N–H and O–H groups in total. The van der Waals surface area contributed by atoms with Crippen molar-refractivity contribution in [2.75, 3.05) is 12.3 Å². The third-order valence-electron chi connectivity index (χ3n) is 2.29. The van der Waals surface area contributed by atoms with Gasteiger partial charge in [-0.2, -0.15) is 13.2 Å². The molecule has 0 spiro atoms. The molecular formula is C12H12F3NO3S. The molecule has 0 atom stereocenters. The van der Waals surface area contributed by atoms with Gasteiger partial charge >= 0.3 is 6.18 Å². The first-order chi connectivity index (χ1) is 9.16. The summed E-state index contributed by atoms with van der Waals surface area (Å²) in [5, 5.41) is 2.24. The third kappa shape index (κ3) is 4.37. The van der Waals surface area contributed by atoms with Crippen molar-refractivity contribution in [1.82, 2.24) is 5.32 Å². The fraction of sp³-hybridized carbons (Fsp3) is 0.250. The average Bonchev–Trinajstić information content (AvgIpc) is 2.35. The number of rotatable bonds is 5. The molecule has 1 rings (SSSR count). The molecule has 0 aliphatic carbocycles. The van der Waals surface area contributed by atoms with Gasteiger partial charge in [0.05, 0.1) is 10.5 Å². The Morgan fingerprint density at radius 2 is 2.00 bits per heavy atom. The van der Waals surface area contributed by atoms with Crippen LogP contribution in [-0.4, -0.2) is 26.6 Å². The number of amides is 1. The van der Waals surface area contributed by atoms with Crippen LogP contribution in [0.3, 0.4) is 0 Å². The molecule has 0 saturated carbocycles. The van der Waals surface area contributed by atoms with Crippen LogP contribution in [0.4, 0.5) is 13.2 Å². The summed E-state index contributed by atoms with van der Waals surface area (Å²) < 4.78 is 61.2. The second kappa shape index (κ2) is 6.08. The molecule has 0 bridgehead atoms. The number of carbonyl (C=O) groups is 1. The summed E-state index contributed by atoms with van der Waals surface area (Å²) in [6, 6.07) is 3.27. The number of nitrogens with one attached hydrogen (secondary N) is 1. The Labute approximate surface area is 114 Å². The predicted molar refractivity (Wildman–Crippen MR) is 66.7 cm³/mol. The number of carbonyl (C=O) groups excluding carboxylic acids is 1. The summed E-state index contributed by atoms with van der Waals surface area (Å²) in [6.45, 7) is 3.42. The topological polar surface area (TPSA) is 63.2 Å². The van der Waals surface area contributed by atoms with E-state index in [1.54, 1.807) is 0 Å². The van der Waals surface area contributed by atoms with Crippen LogP contribution in [0, 0.1) is 0 Å². The van der Waals surface area contributed by atoms with E-state index in [0.717, 1.165) is 18.2 Å². The lowest BCUT2D eigenvalue weighted by atomic mass is 10.2. The van der Waals surface area contributed by atoms with Gasteiger partial charge in [0.15, 0.2) is 9.84 Å². The summed E-state index contributed by atoms with van der Waals surface area (Å²) in [5.74, 6) is -1.72. The molecule has 1 aromatic rings. The Kier molecular flexibility index (Phi) is 4.93. The highest BCUT2D eigenvalue weighted by molar-refractivity contribution is 7.92. The molecule has 0 heterocycles. The summed E-state index contributed by atoms with van der Waals surface area (Å²) in [5.41, 5.74) is -1.08. The second-order valence-corrected chi connectivity index (χ2v) is 5.87. The number of halogens is 3. The second-order valence-electron chi connectivity index (χ2n) is 3.88. The molecule has 0 aliphatic heterocycles. The quantitative estimate of drug-likeness (QED) is 0.844. The maximum absolute atomic E-state index is 12.5. The van der Waals surface area contributed by atoms with Gasteiger partial charge in [-0.3, -0.25) is 4.79 Å². The molecule has 0 unspecified atom stereocenters. The van der Waals surface area contributed by atoms with E-state index in [1.165, 1.54) is 6.08 Å². The van der Waals surface area contributed by atoms with E-state index in [4.69, 9.17) is 0 Å². The zero-order chi connectivity index (χ0) is 15.4. The molecular weight excluding hydrogens is 295 g/mol. The first-order valence-electron chi connectivity index (χ1n) is 5.44. The highest BCUT2D eigenvalue weighted by Gasteiger charge is 2.32. The number of hydrogen-bond donors (Lipinski definition) is 1. The maximum atomic E-state index is 12.5. The largest absolute Gasteiger partial charge is 0.416 e. The lowest BCUT2D eigenvalue weighted by Crippen LogP contribution is -2.30. The van der Waals surface area contributed by atoms with Gasteiger partial charge in [0.2, 0.25) is 5.91 Å². The maximum Gasteiger partial charge on any atom is 0.416 e. The van der Waals surface area contributed by atoms with Crippen LogP contribution in [0.5, 0.6) is 0 Å². The van der Waals surface area contributed by atoms with Gasteiger partial charge in [-0.25, -0.2) is 8.42 Å². The van der Waals surface area contributed by atoms with E-state index in [9.17, 15) is 26.4 Å². The van der Waals surface area contributed by atoms with Crippen LogP contribution in [0.25, 0.3) is 0 Å². The molecule has 0 aliphatic rings. The predicted octanol–water partition coefficient (Wildman–Crippen LogP) is 1.78. The summed E-state index contributed by atoms with van der Waals surface area (Å²) in [6.07, 6.45) is -3.29.